The Hall–Kier alpha value is -1.47. The topological polar surface area (TPSA) is 44.0 Å². The van der Waals surface area contributed by atoms with Crippen molar-refractivity contribution in [1.29, 1.82) is 5.26 Å². The summed E-state index contributed by atoms with van der Waals surface area (Å²) in [6.07, 6.45) is -1.44. The van der Waals surface area contributed by atoms with E-state index in [1.54, 1.807) is 6.07 Å². The zero-order valence-corrected chi connectivity index (χ0v) is 10.8. The van der Waals surface area contributed by atoms with E-state index in [-0.39, 0.29) is 5.56 Å². The van der Waals surface area contributed by atoms with Crippen LogP contribution in [-0.2, 0) is 0 Å². The lowest BCUT2D eigenvalue weighted by molar-refractivity contribution is 0.0642. The van der Waals surface area contributed by atoms with E-state index in [4.69, 9.17) is 0 Å². The number of hydrogen-bond donors (Lipinski definition) is 1. The molecular formula is C15H17F2NO. The molecular weight excluding hydrogens is 248 g/mol. The quantitative estimate of drug-likeness (QED) is 0.898. The van der Waals surface area contributed by atoms with Crippen molar-refractivity contribution >= 4 is 0 Å². The minimum atomic E-state index is -2.56. The molecule has 1 aromatic rings. The summed E-state index contributed by atoms with van der Waals surface area (Å²) < 4.78 is 25.4. The molecule has 102 valence electrons. The molecule has 0 radical (unpaired) electrons. The van der Waals surface area contributed by atoms with Crippen LogP contribution < -0.4 is 0 Å². The molecule has 0 saturated heterocycles. The average molecular weight is 265 g/mol. The summed E-state index contributed by atoms with van der Waals surface area (Å²) in [5.74, 6) is 0.382. The van der Waals surface area contributed by atoms with Gasteiger partial charge in [0.15, 0.2) is 0 Å². The van der Waals surface area contributed by atoms with Gasteiger partial charge in [0, 0.05) is 5.56 Å². The van der Waals surface area contributed by atoms with Gasteiger partial charge >= 0.3 is 0 Å². The largest absolute Gasteiger partial charge is 0.387 e. The summed E-state index contributed by atoms with van der Waals surface area (Å²) in [5.41, 5.74) is -0.538. The van der Waals surface area contributed by atoms with Gasteiger partial charge in [0.1, 0.15) is 0 Å². The van der Waals surface area contributed by atoms with E-state index < -0.39 is 17.9 Å². The second-order valence-electron chi connectivity index (χ2n) is 5.49. The first-order valence-electron chi connectivity index (χ1n) is 6.46. The van der Waals surface area contributed by atoms with Gasteiger partial charge in [0.25, 0.3) is 6.43 Å². The number of rotatable bonds is 3. The van der Waals surface area contributed by atoms with Crippen molar-refractivity contribution in [1.82, 2.24) is 0 Å². The highest BCUT2D eigenvalue weighted by Crippen LogP contribution is 2.49. The number of halogens is 2. The standard InChI is InChI=1S/C15H17F2NO/c1-10-5-6-15(8-10,9-18)13(19)11-3-2-4-12(7-11)14(16)17/h2-4,7,10,13-14,19H,5-6,8H2,1H3. The van der Waals surface area contributed by atoms with Crippen LogP contribution in [0.2, 0.25) is 0 Å². The van der Waals surface area contributed by atoms with Gasteiger partial charge in [-0.05, 0) is 36.8 Å². The number of hydrogen-bond acceptors (Lipinski definition) is 2. The minimum Gasteiger partial charge on any atom is -0.387 e. The van der Waals surface area contributed by atoms with E-state index in [2.05, 4.69) is 6.07 Å². The van der Waals surface area contributed by atoms with Gasteiger partial charge in [0.05, 0.1) is 17.6 Å². The Morgan fingerprint density at radius 3 is 2.63 bits per heavy atom. The van der Waals surface area contributed by atoms with E-state index in [1.807, 2.05) is 6.92 Å². The fourth-order valence-corrected chi connectivity index (χ4v) is 2.92. The van der Waals surface area contributed by atoms with Crippen molar-refractivity contribution in [2.24, 2.45) is 11.3 Å². The Morgan fingerprint density at radius 1 is 1.42 bits per heavy atom. The van der Waals surface area contributed by atoms with E-state index >= 15 is 0 Å². The smallest absolute Gasteiger partial charge is 0.263 e. The van der Waals surface area contributed by atoms with Crippen LogP contribution in [0.5, 0.6) is 0 Å². The normalized spacial score (nSPS) is 28.3. The van der Waals surface area contributed by atoms with Crippen LogP contribution in [0.4, 0.5) is 8.78 Å². The summed E-state index contributed by atoms with van der Waals surface area (Å²) in [4.78, 5) is 0. The lowest BCUT2D eigenvalue weighted by Gasteiger charge is -2.27. The first kappa shape index (κ1) is 14.0. The summed E-state index contributed by atoms with van der Waals surface area (Å²) in [6.45, 7) is 2.04. The molecule has 0 heterocycles. The minimum absolute atomic E-state index is 0.115. The highest BCUT2D eigenvalue weighted by atomic mass is 19.3. The molecule has 1 fully saturated rings. The zero-order chi connectivity index (χ0) is 14.0. The Kier molecular flexibility index (Phi) is 3.86. The zero-order valence-electron chi connectivity index (χ0n) is 10.8. The third-order valence-electron chi connectivity index (χ3n) is 4.02. The summed E-state index contributed by atoms with van der Waals surface area (Å²) in [6, 6.07) is 7.96. The molecule has 3 unspecified atom stereocenters. The van der Waals surface area contributed by atoms with E-state index in [1.165, 1.54) is 18.2 Å². The Labute approximate surface area is 111 Å². The first-order chi connectivity index (χ1) is 8.98. The van der Waals surface area contributed by atoms with Crippen molar-refractivity contribution in [3.8, 4) is 6.07 Å². The van der Waals surface area contributed by atoms with Crippen LogP contribution in [0.1, 0.15) is 49.8 Å². The maximum absolute atomic E-state index is 12.7. The molecule has 0 aromatic heterocycles. The molecule has 1 saturated carbocycles. The van der Waals surface area contributed by atoms with Crippen LogP contribution in [0.15, 0.2) is 24.3 Å². The van der Waals surface area contributed by atoms with Crippen LogP contribution >= 0.6 is 0 Å². The maximum Gasteiger partial charge on any atom is 0.263 e. The van der Waals surface area contributed by atoms with Gasteiger partial charge in [-0.2, -0.15) is 5.26 Å². The summed E-state index contributed by atoms with van der Waals surface area (Å²) in [7, 11) is 0. The molecule has 1 aliphatic carbocycles. The van der Waals surface area contributed by atoms with Gasteiger partial charge < -0.3 is 5.11 Å². The average Bonchev–Trinajstić information content (AvgIpc) is 2.81. The number of alkyl halides is 2. The van der Waals surface area contributed by atoms with Crippen molar-refractivity contribution in [3.63, 3.8) is 0 Å². The van der Waals surface area contributed by atoms with E-state index in [0.29, 0.717) is 24.3 Å². The van der Waals surface area contributed by atoms with Gasteiger partial charge in [0.2, 0.25) is 0 Å². The van der Waals surface area contributed by atoms with Gasteiger partial charge in [-0.3, -0.25) is 0 Å². The van der Waals surface area contributed by atoms with Crippen LogP contribution in [0.25, 0.3) is 0 Å². The first-order valence-corrected chi connectivity index (χ1v) is 6.46. The van der Waals surface area contributed by atoms with Crippen molar-refractivity contribution in [3.05, 3.63) is 35.4 Å². The fraction of sp³-hybridized carbons (Fsp3) is 0.533. The third kappa shape index (κ3) is 2.62. The molecule has 3 atom stereocenters. The number of nitriles is 1. The molecule has 0 aliphatic heterocycles. The Morgan fingerprint density at radius 2 is 2.11 bits per heavy atom. The summed E-state index contributed by atoms with van der Waals surface area (Å²) in [5, 5.41) is 19.8. The molecule has 4 heteroatoms. The molecule has 1 N–H and O–H groups in total. The van der Waals surface area contributed by atoms with Gasteiger partial charge in [-0.15, -0.1) is 0 Å². The number of aliphatic hydroxyl groups excluding tert-OH is 1. The van der Waals surface area contributed by atoms with Crippen LogP contribution in [0, 0.1) is 22.7 Å². The molecule has 1 aromatic carbocycles. The van der Waals surface area contributed by atoms with Crippen LogP contribution in [0.3, 0.4) is 0 Å². The van der Waals surface area contributed by atoms with E-state index in [0.717, 1.165) is 6.42 Å². The predicted octanol–water partition coefficient (Wildman–Crippen LogP) is 3.99. The van der Waals surface area contributed by atoms with Gasteiger partial charge in [-0.1, -0.05) is 25.1 Å². The number of aliphatic hydroxyl groups is 1. The predicted molar refractivity (Wildman–Crippen MR) is 67.4 cm³/mol. The molecule has 19 heavy (non-hydrogen) atoms. The van der Waals surface area contributed by atoms with Crippen molar-refractivity contribution < 1.29 is 13.9 Å². The fourth-order valence-electron chi connectivity index (χ4n) is 2.92. The van der Waals surface area contributed by atoms with Crippen molar-refractivity contribution in [2.75, 3.05) is 0 Å². The Bertz CT molecular complexity index is 497. The number of nitrogens with zero attached hydrogens (tertiary/aromatic N) is 1. The number of benzene rings is 1. The second kappa shape index (κ2) is 5.26. The monoisotopic (exact) mass is 265 g/mol. The molecule has 0 amide bonds. The lowest BCUT2D eigenvalue weighted by Crippen LogP contribution is -2.24. The van der Waals surface area contributed by atoms with Crippen molar-refractivity contribution in [2.45, 2.75) is 38.7 Å². The van der Waals surface area contributed by atoms with Gasteiger partial charge in [-0.25, -0.2) is 8.78 Å². The van der Waals surface area contributed by atoms with Crippen LogP contribution in [-0.4, -0.2) is 5.11 Å². The highest BCUT2D eigenvalue weighted by Gasteiger charge is 2.44. The molecule has 1 aliphatic rings. The lowest BCUT2D eigenvalue weighted by atomic mass is 9.78. The SMILES string of the molecule is CC1CCC(C#N)(C(O)c2cccc(C(F)F)c2)C1. The molecule has 0 spiro atoms. The summed E-state index contributed by atoms with van der Waals surface area (Å²) >= 11 is 0. The third-order valence-corrected chi connectivity index (χ3v) is 4.02. The molecule has 2 nitrogen and oxygen atoms in total. The molecule has 2 rings (SSSR count). The maximum atomic E-state index is 12.7. The second-order valence-corrected chi connectivity index (χ2v) is 5.49. The Balaban J connectivity index is 2.31. The molecule has 0 bridgehead atoms. The highest BCUT2D eigenvalue weighted by molar-refractivity contribution is 5.29. The van der Waals surface area contributed by atoms with E-state index in [9.17, 15) is 19.1 Å².